The monoisotopic (exact) mass is 344 g/mol. The zero-order chi connectivity index (χ0) is 18.4. The van der Waals surface area contributed by atoms with Gasteiger partial charge >= 0.3 is 0 Å². The minimum Gasteiger partial charge on any atom is -0.440 e. The first-order valence-corrected chi connectivity index (χ1v) is 8.70. The first-order chi connectivity index (χ1) is 11.8. The van der Waals surface area contributed by atoms with Gasteiger partial charge in [-0.25, -0.2) is 4.98 Å². The van der Waals surface area contributed by atoms with E-state index in [2.05, 4.69) is 31.1 Å². The lowest BCUT2D eigenvalue weighted by atomic mass is 9.88. The summed E-state index contributed by atoms with van der Waals surface area (Å²) in [4.78, 5) is 16.6. The fraction of sp³-hybridized carbons (Fsp3) is 0.500. The van der Waals surface area contributed by atoms with Gasteiger partial charge in [0.1, 0.15) is 0 Å². The van der Waals surface area contributed by atoms with E-state index in [1.165, 1.54) is 0 Å². The van der Waals surface area contributed by atoms with Crippen LogP contribution in [0.1, 0.15) is 45.2 Å². The summed E-state index contributed by atoms with van der Waals surface area (Å²) in [6.07, 6.45) is 1.45. The van der Waals surface area contributed by atoms with Crippen LogP contribution >= 0.6 is 0 Å². The Bertz CT molecular complexity index is 687. The number of nitrogens with one attached hydrogen (secondary N) is 1. The molecule has 0 aliphatic heterocycles. The number of amides is 1. The summed E-state index contributed by atoms with van der Waals surface area (Å²) < 4.78 is 5.82. The van der Waals surface area contributed by atoms with Crippen LogP contribution in [0.25, 0.3) is 11.3 Å². The van der Waals surface area contributed by atoms with E-state index in [1.54, 1.807) is 0 Å². The molecule has 0 fully saturated rings. The van der Waals surface area contributed by atoms with Gasteiger partial charge in [-0.2, -0.15) is 0 Å². The summed E-state index contributed by atoms with van der Waals surface area (Å²) in [6, 6.07) is 9.59. The molecule has 0 radical (unpaired) electrons. The Hall–Kier alpha value is -2.14. The minimum atomic E-state index is -0.223. The quantitative estimate of drug-likeness (QED) is 0.806. The summed E-state index contributed by atoms with van der Waals surface area (Å²) in [5.74, 6) is 1.21. The second kappa shape index (κ2) is 8.30. The van der Waals surface area contributed by atoms with Gasteiger partial charge in [-0.1, -0.05) is 51.1 Å². The summed E-state index contributed by atoms with van der Waals surface area (Å²) in [7, 11) is 0. The Labute approximate surface area is 149 Å². The molecule has 1 heterocycles. The van der Waals surface area contributed by atoms with Gasteiger partial charge in [-0.3, -0.25) is 4.79 Å². The van der Waals surface area contributed by atoms with Crippen molar-refractivity contribution in [1.82, 2.24) is 10.3 Å². The van der Waals surface area contributed by atoms with E-state index in [-0.39, 0.29) is 30.4 Å². The molecule has 2 aromatic rings. The zero-order valence-corrected chi connectivity index (χ0v) is 15.5. The molecule has 1 unspecified atom stereocenters. The van der Waals surface area contributed by atoms with Crippen molar-refractivity contribution in [3.8, 4) is 11.3 Å². The first kappa shape index (κ1) is 19.2. The number of aliphatic hydroxyl groups excluding tert-OH is 1. The molecule has 1 atom stereocenters. The molecule has 0 spiro atoms. The fourth-order valence-electron chi connectivity index (χ4n) is 2.84. The standard InChI is InChI=1S/C20H28N2O3/c1-14-19(15-8-6-5-7-9-15)25-18(21-14)11-10-17(24)22-16(13-23)12-20(2,3)4/h5-9,16,23H,10-13H2,1-4H3,(H,22,24). The van der Waals surface area contributed by atoms with E-state index in [0.717, 1.165) is 23.4 Å². The summed E-state index contributed by atoms with van der Waals surface area (Å²) >= 11 is 0. The lowest BCUT2D eigenvalue weighted by molar-refractivity contribution is -0.122. The number of aryl methyl sites for hydroxylation is 2. The number of nitrogens with zero attached hydrogens (tertiary/aromatic N) is 1. The Morgan fingerprint density at radius 2 is 1.96 bits per heavy atom. The number of rotatable bonds is 7. The Kier molecular flexibility index (Phi) is 6.37. The molecule has 2 N–H and O–H groups in total. The topological polar surface area (TPSA) is 75.4 Å². The van der Waals surface area contributed by atoms with Crippen LogP contribution in [-0.2, 0) is 11.2 Å². The lowest BCUT2D eigenvalue weighted by Crippen LogP contribution is -2.40. The minimum absolute atomic E-state index is 0.0466. The van der Waals surface area contributed by atoms with Crippen LogP contribution in [0.4, 0.5) is 0 Å². The highest BCUT2D eigenvalue weighted by Gasteiger charge is 2.20. The van der Waals surface area contributed by atoms with Gasteiger partial charge in [0.2, 0.25) is 5.91 Å². The largest absolute Gasteiger partial charge is 0.440 e. The number of hydrogen-bond acceptors (Lipinski definition) is 4. The van der Waals surface area contributed by atoms with Gasteiger partial charge in [0, 0.05) is 18.4 Å². The predicted octanol–water partition coefficient (Wildman–Crippen LogP) is 3.50. The van der Waals surface area contributed by atoms with Crippen LogP contribution < -0.4 is 5.32 Å². The highest BCUT2D eigenvalue weighted by molar-refractivity contribution is 5.76. The van der Waals surface area contributed by atoms with Crippen molar-refractivity contribution in [2.75, 3.05) is 6.61 Å². The molecule has 136 valence electrons. The smallest absolute Gasteiger partial charge is 0.220 e. The van der Waals surface area contributed by atoms with Gasteiger partial charge in [0.25, 0.3) is 0 Å². The van der Waals surface area contributed by atoms with Gasteiger partial charge in [0.15, 0.2) is 11.7 Å². The Morgan fingerprint density at radius 1 is 1.28 bits per heavy atom. The van der Waals surface area contributed by atoms with E-state index in [4.69, 9.17) is 4.42 Å². The molecule has 25 heavy (non-hydrogen) atoms. The SMILES string of the molecule is Cc1nc(CCC(=O)NC(CO)CC(C)(C)C)oc1-c1ccccc1. The molecule has 0 saturated carbocycles. The maximum atomic E-state index is 12.1. The molecular formula is C20H28N2O3. The van der Waals surface area contributed by atoms with E-state index in [0.29, 0.717) is 12.3 Å². The number of carbonyl (C=O) groups excluding carboxylic acids is 1. The second-order valence-electron chi connectivity index (χ2n) is 7.60. The average molecular weight is 344 g/mol. The van der Waals surface area contributed by atoms with Crippen LogP contribution in [0, 0.1) is 12.3 Å². The highest BCUT2D eigenvalue weighted by Crippen LogP contribution is 2.24. The molecule has 0 saturated heterocycles. The number of hydrogen-bond donors (Lipinski definition) is 2. The maximum absolute atomic E-state index is 12.1. The third-order valence-corrected chi connectivity index (χ3v) is 3.89. The number of oxazole rings is 1. The first-order valence-electron chi connectivity index (χ1n) is 8.70. The molecule has 0 aliphatic rings. The van der Waals surface area contributed by atoms with Crippen LogP contribution in [0.15, 0.2) is 34.7 Å². The van der Waals surface area contributed by atoms with Crippen molar-refractivity contribution in [1.29, 1.82) is 0 Å². The normalized spacial score (nSPS) is 12.8. The molecule has 1 amide bonds. The number of aliphatic hydroxyl groups is 1. The average Bonchev–Trinajstić information content (AvgIpc) is 2.93. The van der Waals surface area contributed by atoms with E-state index < -0.39 is 0 Å². The molecule has 2 rings (SSSR count). The van der Waals surface area contributed by atoms with E-state index in [9.17, 15) is 9.90 Å². The van der Waals surface area contributed by atoms with Crippen molar-refractivity contribution < 1.29 is 14.3 Å². The lowest BCUT2D eigenvalue weighted by Gasteiger charge is -2.25. The number of aromatic nitrogens is 1. The molecular weight excluding hydrogens is 316 g/mol. The summed E-state index contributed by atoms with van der Waals surface area (Å²) in [5.41, 5.74) is 1.85. The molecule has 0 aliphatic carbocycles. The van der Waals surface area contributed by atoms with Gasteiger partial charge in [-0.15, -0.1) is 0 Å². The van der Waals surface area contributed by atoms with Crippen molar-refractivity contribution in [2.45, 2.75) is 53.0 Å². The van der Waals surface area contributed by atoms with Crippen LogP contribution in [0.3, 0.4) is 0 Å². The third kappa shape index (κ3) is 6.02. The molecule has 5 nitrogen and oxygen atoms in total. The second-order valence-corrected chi connectivity index (χ2v) is 7.60. The van der Waals surface area contributed by atoms with E-state index >= 15 is 0 Å². The molecule has 5 heteroatoms. The van der Waals surface area contributed by atoms with Crippen molar-refractivity contribution in [2.24, 2.45) is 5.41 Å². The van der Waals surface area contributed by atoms with Crippen LogP contribution in [-0.4, -0.2) is 28.6 Å². The van der Waals surface area contributed by atoms with Crippen LogP contribution in [0.2, 0.25) is 0 Å². The van der Waals surface area contributed by atoms with Crippen molar-refractivity contribution >= 4 is 5.91 Å². The Balaban J connectivity index is 1.92. The van der Waals surface area contributed by atoms with Gasteiger partial charge < -0.3 is 14.8 Å². The third-order valence-electron chi connectivity index (χ3n) is 3.89. The molecule has 1 aromatic carbocycles. The fourth-order valence-corrected chi connectivity index (χ4v) is 2.84. The van der Waals surface area contributed by atoms with Gasteiger partial charge in [-0.05, 0) is 18.8 Å². The van der Waals surface area contributed by atoms with Gasteiger partial charge in [0.05, 0.1) is 18.3 Å². The number of benzene rings is 1. The van der Waals surface area contributed by atoms with Crippen LogP contribution in [0.5, 0.6) is 0 Å². The Morgan fingerprint density at radius 3 is 2.56 bits per heavy atom. The summed E-state index contributed by atoms with van der Waals surface area (Å²) in [5, 5.41) is 12.3. The van der Waals surface area contributed by atoms with Crippen molar-refractivity contribution in [3.05, 3.63) is 41.9 Å². The summed E-state index contributed by atoms with van der Waals surface area (Å²) in [6.45, 7) is 8.10. The van der Waals surface area contributed by atoms with E-state index in [1.807, 2.05) is 37.3 Å². The molecule has 1 aromatic heterocycles. The number of carbonyl (C=O) groups is 1. The maximum Gasteiger partial charge on any atom is 0.220 e. The predicted molar refractivity (Wildman–Crippen MR) is 98.1 cm³/mol. The van der Waals surface area contributed by atoms with Crippen molar-refractivity contribution in [3.63, 3.8) is 0 Å². The highest BCUT2D eigenvalue weighted by atomic mass is 16.4. The molecule has 0 bridgehead atoms. The zero-order valence-electron chi connectivity index (χ0n) is 15.5.